The van der Waals surface area contributed by atoms with Crippen molar-refractivity contribution in [3.63, 3.8) is 0 Å². The summed E-state index contributed by atoms with van der Waals surface area (Å²) in [4.78, 5) is 45.2. The van der Waals surface area contributed by atoms with Crippen LogP contribution in [0.2, 0.25) is 0 Å². The highest BCUT2D eigenvalue weighted by atomic mass is 16.5. The number of para-hydroxylation sites is 1. The average molecular weight is 496 g/mol. The van der Waals surface area contributed by atoms with Crippen molar-refractivity contribution in [2.75, 3.05) is 52.5 Å². The largest absolute Gasteiger partial charge is 0.489 e. The lowest BCUT2D eigenvalue weighted by atomic mass is 9.82. The van der Waals surface area contributed by atoms with E-state index in [2.05, 4.69) is 6.08 Å². The van der Waals surface area contributed by atoms with E-state index < -0.39 is 0 Å². The van der Waals surface area contributed by atoms with Crippen molar-refractivity contribution in [1.29, 1.82) is 0 Å². The van der Waals surface area contributed by atoms with Crippen LogP contribution in [-0.4, -0.2) is 85.0 Å². The lowest BCUT2D eigenvalue weighted by Crippen LogP contribution is -2.50. The van der Waals surface area contributed by atoms with Crippen molar-refractivity contribution >= 4 is 17.7 Å². The van der Waals surface area contributed by atoms with Gasteiger partial charge in [0.05, 0.1) is 13.2 Å². The van der Waals surface area contributed by atoms with E-state index in [-0.39, 0.29) is 42.0 Å². The molecule has 0 aromatic heterocycles. The first-order valence-corrected chi connectivity index (χ1v) is 13.4. The summed E-state index contributed by atoms with van der Waals surface area (Å²) in [7, 11) is 0. The van der Waals surface area contributed by atoms with Crippen molar-refractivity contribution in [3.05, 3.63) is 42.0 Å². The molecule has 3 aliphatic heterocycles. The number of piperidine rings is 1. The second kappa shape index (κ2) is 11.5. The number of ether oxygens (including phenoxy) is 2. The summed E-state index contributed by atoms with van der Waals surface area (Å²) >= 11 is 0. The SMILES string of the molecule is O=C(C[C@@H]1CCN2C[C@@H]1/C=C\COc1ccccc1CN(C(=O)C1CCC1)CC2=O)N1CCOCC1. The molecule has 0 spiro atoms. The highest BCUT2D eigenvalue weighted by molar-refractivity contribution is 5.86. The highest BCUT2D eigenvalue weighted by Crippen LogP contribution is 2.32. The maximum atomic E-state index is 13.4. The number of nitrogens with zero attached hydrogens (tertiary/aromatic N) is 3. The normalized spacial score (nSPS) is 26.4. The molecule has 8 nitrogen and oxygen atoms in total. The number of morpholine rings is 1. The van der Waals surface area contributed by atoms with E-state index in [0.29, 0.717) is 59.0 Å². The molecule has 1 saturated carbocycles. The molecule has 0 radical (unpaired) electrons. The van der Waals surface area contributed by atoms with Crippen LogP contribution in [0.15, 0.2) is 36.4 Å². The first-order chi connectivity index (χ1) is 17.6. The Labute approximate surface area is 213 Å². The van der Waals surface area contributed by atoms with Gasteiger partial charge in [-0.15, -0.1) is 0 Å². The van der Waals surface area contributed by atoms with Crippen LogP contribution in [0, 0.1) is 17.8 Å². The summed E-state index contributed by atoms with van der Waals surface area (Å²) in [5.41, 5.74) is 0.914. The number of carbonyl (C=O) groups is 3. The smallest absolute Gasteiger partial charge is 0.242 e. The minimum atomic E-state index is -0.0170. The minimum absolute atomic E-state index is 0.0170. The van der Waals surface area contributed by atoms with Crippen molar-refractivity contribution in [1.82, 2.24) is 14.7 Å². The lowest BCUT2D eigenvalue weighted by molar-refractivity contribution is -0.146. The molecule has 5 rings (SSSR count). The molecule has 2 saturated heterocycles. The lowest BCUT2D eigenvalue weighted by Gasteiger charge is -2.39. The molecule has 1 aliphatic carbocycles. The van der Waals surface area contributed by atoms with E-state index in [1.54, 1.807) is 4.90 Å². The van der Waals surface area contributed by atoms with Gasteiger partial charge in [0, 0.05) is 50.6 Å². The molecule has 2 bridgehead atoms. The van der Waals surface area contributed by atoms with Crippen LogP contribution in [0.5, 0.6) is 5.75 Å². The number of fused-ring (bicyclic) bond motifs is 3. The number of benzene rings is 1. The Morgan fingerprint density at radius 3 is 2.56 bits per heavy atom. The molecule has 0 unspecified atom stereocenters. The molecule has 36 heavy (non-hydrogen) atoms. The maximum absolute atomic E-state index is 13.4. The zero-order chi connectivity index (χ0) is 24.9. The Morgan fingerprint density at radius 1 is 0.972 bits per heavy atom. The molecule has 3 heterocycles. The Hall–Kier alpha value is -2.87. The van der Waals surface area contributed by atoms with Crippen molar-refractivity contribution in [2.24, 2.45) is 17.8 Å². The molecular formula is C28H37N3O5. The molecule has 4 aliphatic rings. The molecule has 3 fully saturated rings. The highest BCUT2D eigenvalue weighted by Gasteiger charge is 2.35. The number of hydrogen-bond donors (Lipinski definition) is 0. The quantitative estimate of drug-likeness (QED) is 0.602. The number of carbonyl (C=O) groups excluding carboxylic acids is 3. The topological polar surface area (TPSA) is 79.4 Å². The predicted octanol–water partition coefficient (Wildman–Crippen LogP) is 2.48. The molecule has 3 amide bonds. The van der Waals surface area contributed by atoms with Gasteiger partial charge in [-0.25, -0.2) is 0 Å². The number of amides is 3. The van der Waals surface area contributed by atoms with E-state index in [4.69, 9.17) is 9.47 Å². The zero-order valence-electron chi connectivity index (χ0n) is 21.0. The second-order valence-electron chi connectivity index (χ2n) is 10.4. The number of rotatable bonds is 3. The van der Waals surface area contributed by atoms with Gasteiger partial charge in [-0.2, -0.15) is 0 Å². The van der Waals surface area contributed by atoms with Crippen LogP contribution in [0.4, 0.5) is 0 Å². The number of hydrogen-bond acceptors (Lipinski definition) is 5. The van der Waals surface area contributed by atoms with Crippen LogP contribution >= 0.6 is 0 Å². The first-order valence-electron chi connectivity index (χ1n) is 13.4. The third-order valence-corrected chi connectivity index (χ3v) is 8.10. The summed E-state index contributed by atoms with van der Waals surface area (Å²) in [6, 6.07) is 7.75. The third kappa shape index (κ3) is 5.75. The zero-order valence-corrected chi connectivity index (χ0v) is 21.0. The van der Waals surface area contributed by atoms with Gasteiger partial charge in [0.25, 0.3) is 0 Å². The average Bonchev–Trinajstić information content (AvgIpc) is 2.87. The molecule has 8 heteroatoms. The van der Waals surface area contributed by atoms with E-state index in [0.717, 1.165) is 37.0 Å². The van der Waals surface area contributed by atoms with Crippen LogP contribution in [0.3, 0.4) is 0 Å². The molecule has 194 valence electrons. The fraction of sp³-hybridized carbons (Fsp3) is 0.607. The van der Waals surface area contributed by atoms with E-state index in [1.807, 2.05) is 40.1 Å². The maximum Gasteiger partial charge on any atom is 0.242 e. The fourth-order valence-electron chi connectivity index (χ4n) is 5.63. The van der Waals surface area contributed by atoms with E-state index in [9.17, 15) is 14.4 Å². The summed E-state index contributed by atoms with van der Waals surface area (Å²) in [5, 5.41) is 0. The molecule has 1 aromatic rings. The Morgan fingerprint density at radius 2 is 1.78 bits per heavy atom. The van der Waals surface area contributed by atoms with Crippen LogP contribution < -0.4 is 4.74 Å². The minimum Gasteiger partial charge on any atom is -0.489 e. The van der Waals surface area contributed by atoms with Gasteiger partial charge in [-0.05, 0) is 37.2 Å². The van der Waals surface area contributed by atoms with Crippen LogP contribution in [0.25, 0.3) is 0 Å². The van der Waals surface area contributed by atoms with Gasteiger partial charge in [0.1, 0.15) is 18.9 Å². The second-order valence-corrected chi connectivity index (χ2v) is 10.4. The molecule has 1 aromatic carbocycles. The van der Waals surface area contributed by atoms with Crippen molar-refractivity contribution in [2.45, 2.75) is 38.6 Å². The van der Waals surface area contributed by atoms with Gasteiger partial charge in [-0.1, -0.05) is 36.8 Å². The summed E-state index contributed by atoms with van der Waals surface area (Å²) < 4.78 is 11.5. The van der Waals surface area contributed by atoms with Gasteiger partial charge in [0.2, 0.25) is 17.7 Å². The van der Waals surface area contributed by atoms with Crippen LogP contribution in [0.1, 0.15) is 37.7 Å². The van der Waals surface area contributed by atoms with Crippen LogP contribution in [-0.2, 0) is 25.7 Å². The summed E-state index contributed by atoms with van der Waals surface area (Å²) in [6.45, 7) is 4.52. The van der Waals surface area contributed by atoms with Crippen molar-refractivity contribution < 1.29 is 23.9 Å². The van der Waals surface area contributed by atoms with Gasteiger partial charge in [-0.3, -0.25) is 14.4 Å². The molecule has 2 atom stereocenters. The van der Waals surface area contributed by atoms with Crippen molar-refractivity contribution in [3.8, 4) is 5.75 Å². The Balaban J connectivity index is 1.34. The Kier molecular flexibility index (Phi) is 7.90. The third-order valence-electron chi connectivity index (χ3n) is 8.10. The van der Waals surface area contributed by atoms with Gasteiger partial charge in [0.15, 0.2) is 0 Å². The predicted molar refractivity (Wildman–Crippen MR) is 134 cm³/mol. The Bertz CT molecular complexity index is 985. The summed E-state index contributed by atoms with van der Waals surface area (Å²) in [5.74, 6) is 1.22. The fourth-order valence-corrected chi connectivity index (χ4v) is 5.63. The standard InChI is InChI=1S/C28H37N3O5/c32-26(29-12-15-35-16-13-29)17-22-10-11-30-18-23(22)8-4-14-36-25-9-2-1-5-24(25)19-31(20-27(30)33)28(34)21-6-3-7-21/h1-2,4-5,8-9,21-23H,3,6-7,10-20H2/b8-4-/t22-,23-/m0/s1. The monoisotopic (exact) mass is 495 g/mol. The molecule has 0 N–H and O–H groups in total. The van der Waals surface area contributed by atoms with E-state index in [1.165, 1.54) is 0 Å². The van der Waals surface area contributed by atoms with Gasteiger partial charge < -0.3 is 24.2 Å². The summed E-state index contributed by atoms with van der Waals surface area (Å²) in [6.07, 6.45) is 8.25. The first kappa shape index (κ1) is 24.8. The van der Waals surface area contributed by atoms with Gasteiger partial charge >= 0.3 is 0 Å². The molecular weight excluding hydrogens is 458 g/mol. The van der Waals surface area contributed by atoms with E-state index >= 15 is 0 Å².